The van der Waals surface area contributed by atoms with Crippen LogP contribution in [0.4, 0.5) is 0 Å². The zero-order valence-corrected chi connectivity index (χ0v) is 15.6. The summed E-state index contributed by atoms with van der Waals surface area (Å²) in [5.41, 5.74) is 1.65. The summed E-state index contributed by atoms with van der Waals surface area (Å²) in [4.78, 5) is 11.3. The zero-order chi connectivity index (χ0) is 18.4. The van der Waals surface area contributed by atoms with Gasteiger partial charge in [-0.15, -0.1) is 0 Å². The number of hydrogen-bond donors (Lipinski definition) is 1. The van der Waals surface area contributed by atoms with Gasteiger partial charge < -0.3 is 14.6 Å². The molecule has 0 saturated heterocycles. The van der Waals surface area contributed by atoms with Crippen LogP contribution in [0.3, 0.4) is 0 Å². The number of carboxylic acid groups (broad SMARTS) is 1. The minimum Gasteiger partial charge on any atom is -0.489 e. The molecule has 0 bridgehead atoms. The third-order valence-corrected chi connectivity index (χ3v) is 4.03. The summed E-state index contributed by atoms with van der Waals surface area (Å²) in [6.07, 6.45) is -0.777. The lowest BCUT2D eigenvalue weighted by molar-refractivity contribution is -0.153. The van der Waals surface area contributed by atoms with Gasteiger partial charge in [0.2, 0.25) is 0 Å². The Labute approximate surface area is 157 Å². The molecule has 0 radical (unpaired) electrons. The smallest absolute Gasteiger partial charge is 0.333 e. The van der Waals surface area contributed by atoms with Gasteiger partial charge in [-0.05, 0) is 43.7 Å². The largest absolute Gasteiger partial charge is 0.489 e. The van der Waals surface area contributed by atoms with Crippen molar-refractivity contribution >= 4 is 29.2 Å². The van der Waals surface area contributed by atoms with Crippen molar-refractivity contribution in [2.75, 3.05) is 0 Å². The lowest BCUT2D eigenvalue weighted by Crippen LogP contribution is -2.29. The van der Waals surface area contributed by atoms with Gasteiger partial charge in [-0.3, -0.25) is 0 Å². The number of hydrogen-bond acceptors (Lipinski definition) is 3. The van der Waals surface area contributed by atoms with Crippen LogP contribution >= 0.6 is 23.2 Å². The van der Waals surface area contributed by atoms with Crippen LogP contribution in [0.15, 0.2) is 42.5 Å². The van der Waals surface area contributed by atoms with Crippen molar-refractivity contribution in [1.29, 1.82) is 0 Å². The molecular weight excluding hydrogens is 363 g/mol. The zero-order valence-electron chi connectivity index (χ0n) is 14.0. The van der Waals surface area contributed by atoms with Gasteiger partial charge in [-0.25, -0.2) is 4.79 Å². The predicted molar refractivity (Wildman–Crippen MR) is 98.6 cm³/mol. The summed E-state index contributed by atoms with van der Waals surface area (Å²) in [6, 6.07) is 12.5. The van der Waals surface area contributed by atoms with E-state index in [1.165, 1.54) is 0 Å². The SMILES string of the molecule is CC(C)O[C@@H](Cc1cccc(OCc2ccc(Cl)cc2Cl)c1)C(=O)O. The van der Waals surface area contributed by atoms with Gasteiger partial charge >= 0.3 is 5.97 Å². The molecule has 0 heterocycles. The number of benzene rings is 2. The fraction of sp³-hybridized carbons (Fsp3) is 0.316. The highest BCUT2D eigenvalue weighted by atomic mass is 35.5. The summed E-state index contributed by atoms with van der Waals surface area (Å²) in [5, 5.41) is 10.4. The first-order valence-electron chi connectivity index (χ1n) is 7.89. The molecule has 0 saturated carbocycles. The second-order valence-corrected chi connectivity index (χ2v) is 6.73. The molecule has 0 aromatic heterocycles. The van der Waals surface area contributed by atoms with E-state index in [2.05, 4.69) is 0 Å². The summed E-state index contributed by atoms with van der Waals surface area (Å²) < 4.78 is 11.2. The van der Waals surface area contributed by atoms with E-state index in [9.17, 15) is 9.90 Å². The molecular formula is C19H20Cl2O4. The number of carboxylic acids is 1. The minimum atomic E-state index is -0.979. The van der Waals surface area contributed by atoms with Crippen LogP contribution in [0.2, 0.25) is 10.0 Å². The van der Waals surface area contributed by atoms with Crippen LogP contribution < -0.4 is 4.74 Å². The Morgan fingerprint density at radius 1 is 1.16 bits per heavy atom. The second-order valence-electron chi connectivity index (χ2n) is 5.89. The van der Waals surface area contributed by atoms with Crippen molar-refractivity contribution in [3.05, 3.63) is 63.6 Å². The van der Waals surface area contributed by atoms with Crippen LogP contribution in [0.5, 0.6) is 5.75 Å². The first kappa shape index (κ1) is 19.6. The van der Waals surface area contributed by atoms with Gasteiger partial charge in [-0.2, -0.15) is 0 Å². The van der Waals surface area contributed by atoms with Crippen molar-refractivity contribution in [1.82, 2.24) is 0 Å². The topological polar surface area (TPSA) is 55.8 Å². The number of ether oxygens (including phenoxy) is 2. The molecule has 25 heavy (non-hydrogen) atoms. The highest BCUT2D eigenvalue weighted by molar-refractivity contribution is 6.35. The molecule has 0 amide bonds. The van der Waals surface area contributed by atoms with E-state index in [1.54, 1.807) is 12.1 Å². The van der Waals surface area contributed by atoms with Gasteiger partial charge in [0.15, 0.2) is 6.10 Å². The number of rotatable bonds is 8. The minimum absolute atomic E-state index is 0.160. The molecule has 6 heteroatoms. The lowest BCUT2D eigenvalue weighted by atomic mass is 10.1. The molecule has 2 aromatic carbocycles. The van der Waals surface area contributed by atoms with E-state index < -0.39 is 12.1 Å². The summed E-state index contributed by atoms with van der Waals surface area (Å²) >= 11 is 12.0. The predicted octanol–water partition coefficient (Wildman–Crippen LogP) is 4.99. The van der Waals surface area contributed by atoms with Crippen LogP contribution in [0.25, 0.3) is 0 Å². The van der Waals surface area contributed by atoms with Gasteiger partial charge in [0.25, 0.3) is 0 Å². The van der Waals surface area contributed by atoms with Gasteiger partial charge in [0.05, 0.1) is 6.10 Å². The molecule has 4 nitrogen and oxygen atoms in total. The fourth-order valence-electron chi connectivity index (χ4n) is 2.30. The molecule has 0 aliphatic carbocycles. The van der Waals surface area contributed by atoms with Crippen molar-refractivity contribution in [3.8, 4) is 5.75 Å². The number of halogens is 2. The third-order valence-electron chi connectivity index (χ3n) is 3.44. The van der Waals surface area contributed by atoms with E-state index in [1.807, 2.05) is 44.2 Å². The van der Waals surface area contributed by atoms with Crippen molar-refractivity contribution in [2.24, 2.45) is 0 Å². The van der Waals surface area contributed by atoms with Crippen LogP contribution in [0.1, 0.15) is 25.0 Å². The molecule has 0 aliphatic heterocycles. The maximum absolute atomic E-state index is 11.3. The normalized spacial score (nSPS) is 12.2. The Kier molecular flexibility index (Phi) is 7.12. The Morgan fingerprint density at radius 2 is 1.92 bits per heavy atom. The average Bonchev–Trinajstić information content (AvgIpc) is 2.53. The van der Waals surface area contributed by atoms with E-state index in [0.717, 1.165) is 11.1 Å². The molecule has 2 aromatic rings. The average molecular weight is 383 g/mol. The van der Waals surface area contributed by atoms with Crippen molar-refractivity contribution in [3.63, 3.8) is 0 Å². The molecule has 1 atom stereocenters. The van der Waals surface area contributed by atoms with Crippen LogP contribution in [-0.4, -0.2) is 23.3 Å². The van der Waals surface area contributed by atoms with Crippen molar-refractivity contribution < 1.29 is 19.4 Å². The molecule has 2 rings (SSSR count). The molecule has 0 aliphatic rings. The van der Waals surface area contributed by atoms with E-state index in [-0.39, 0.29) is 12.5 Å². The van der Waals surface area contributed by atoms with Crippen LogP contribution in [-0.2, 0) is 22.6 Å². The first-order chi connectivity index (χ1) is 11.8. The molecule has 0 spiro atoms. The Hall–Kier alpha value is -1.75. The Balaban J connectivity index is 2.04. The third kappa shape index (κ3) is 6.24. The van der Waals surface area contributed by atoms with E-state index in [4.69, 9.17) is 32.7 Å². The summed E-state index contributed by atoms with van der Waals surface area (Å²) in [7, 11) is 0. The first-order valence-corrected chi connectivity index (χ1v) is 8.64. The second kappa shape index (κ2) is 9.09. The monoisotopic (exact) mass is 382 g/mol. The Morgan fingerprint density at radius 3 is 2.56 bits per heavy atom. The standard InChI is InChI=1S/C19H20Cl2O4/c1-12(2)25-18(19(22)23)9-13-4-3-5-16(8-13)24-11-14-6-7-15(20)10-17(14)21/h3-8,10,12,18H,9,11H2,1-2H3,(H,22,23)/t18-/m0/s1. The Bertz CT molecular complexity index is 731. The summed E-state index contributed by atoms with van der Waals surface area (Å²) in [5.74, 6) is -0.342. The highest BCUT2D eigenvalue weighted by Gasteiger charge is 2.20. The number of aliphatic carboxylic acids is 1. The molecule has 134 valence electrons. The maximum atomic E-state index is 11.3. The summed E-state index contributed by atoms with van der Waals surface area (Å²) in [6.45, 7) is 3.92. The van der Waals surface area contributed by atoms with Gasteiger partial charge in [0, 0.05) is 22.0 Å². The fourth-order valence-corrected chi connectivity index (χ4v) is 2.76. The molecule has 0 fully saturated rings. The maximum Gasteiger partial charge on any atom is 0.333 e. The van der Waals surface area contributed by atoms with Gasteiger partial charge in [0.1, 0.15) is 12.4 Å². The van der Waals surface area contributed by atoms with Crippen LogP contribution in [0, 0.1) is 0 Å². The van der Waals surface area contributed by atoms with E-state index in [0.29, 0.717) is 22.4 Å². The lowest BCUT2D eigenvalue weighted by Gasteiger charge is -2.17. The van der Waals surface area contributed by atoms with Gasteiger partial charge in [-0.1, -0.05) is 41.4 Å². The highest BCUT2D eigenvalue weighted by Crippen LogP contribution is 2.23. The molecule has 1 N–H and O–H groups in total. The quantitative estimate of drug-likeness (QED) is 0.698. The van der Waals surface area contributed by atoms with E-state index >= 15 is 0 Å². The molecule has 0 unspecified atom stereocenters. The number of carbonyl (C=O) groups is 1. The van der Waals surface area contributed by atoms with Crippen molar-refractivity contribution in [2.45, 2.75) is 39.1 Å².